The molecule has 2 aromatic rings. The van der Waals surface area contributed by atoms with Crippen LogP contribution in [0.5, 0.6) is 0 Å². The molecule has 2 rings (SSSR count). The van der Waals surface area contributed by atoms with Crippen LogP contribution in [0.1, 0.15) is 11.1 Å². The van der Waals surface area contributed by atoms with Gasteiger partial charge in [-0.2, -0.15) is 5.26 Å². The molecule has 0 bridgehead atoms. The van der Waals surface area contributed by atoms with Gasteiger partial charge in [-0.15, -0.1) is 0 Å². The molecule has 6 heteroatoms. The second-order valence-corrected chi connectivity index (χ2v) is 5.91. The summed E-state index contributed by atoms with van der Waals surface area (Å²) in [5.41, 5.74) is 1.09. The summed E-state index contributed by atoms with van der Waals surface area (Å²) in [4.78, 5) is -0.156. The minimum Gasteiger partial charge on any atom is -0.280 e. The molecule has 4 nitrogen and oxygen atoms in total. The molecule has 0 fully saturated rings. The highest BCUT2D eigenvalue weighted by molar-refractivity contribution is 7.92. The van der Waals surface area contributed by atoms with E-state index in [1.165, 1.54) is 0 Å². The number of rotatable bonds is 3. The molecule has 1 N–H and O–H groups in total. The van der Waals surface area contributed by atoms with Gasteiger partial charge in [0.1, 0.15) is 11.9 Å². The van der Waals surface area contributed by atoms with Crippen molar-refractivity contribution in [3.05, 3.63) is 59.4 Å². The first kappa shape index (κ1) is 14.0. The van der Waals surface area contributed by atoms with Crippen molar-refractivity contribution in [2.24, 2.45) is 0 Å². The Bertz CT molecular complexity index is 778. The largest absolute Gasteiger partial charge is 0.280 e. The molecule has 0 unspecified atom stereocenters. The molecule has 20 heavy (non-hydrogen) atoms. The monoisotopic (exact) mass is 290 g/mol. The van der Waals surface area contributed by atoms with E-state index in [-0.39, 0.29) is 10.5 Å². The Morgan fingerprint density at radius 2 is 1.80 bits per heavy atom. The fourth-order valence-corrected chi connectivity index (χ4v) is 2.68. The summed E-state index contributed by atoms with van der Waals surface area (Å²) >= 11 is 0. The Hall–Kier alpha value is -2.39. The van der Waals surface area contributed by atoms with Gasteiger partial charge < -0.3 is 0 Å². The first-order valence-electron chi connectivity index (χ1n) is 5.71. The quantitative estimate of drug-likeness (QED) is 0.945. The molecule has 0 aliphatic carbocycles. The van der Waals surface area contributed by atoms with Crippen LogP contribution in [0.15, 0.2) is 47.4 Å². The molecular weight excluding hydrogens is 279 g/mol. The van der Waals surface area contributed by atoms with Gasteiger partial charge in [-0.25, -0.2) is 12.8 Å². The van der Waals surface area contributed by atoms with Crippen molar-refractivity contribution in [1.29, 1.82) is 5.26 Å². The molecule has 0 radical (unpaired) electrons. The molecule has 2 aromatic carbocycles. The number of anilines is 1. The van der Waals surface area contributed by atoms with Crippen molar-refractivity contribution >= 4 is 15.7 Å². The Kier molecular flexibility index (Phi) is 3.72. The summed E-state index contributed by atoms with van der Waals surface area (Å²) in [6.45, 7) is 1.89. The van der Waals surface area contributed by atoms with Crippen molar-refractivity contribution in [2.75, 3.05) is 4.72 Å². The predicted molar refractivity (Wildman–Crippen MR) is 73.1 cm³/mol. The van der Waals surface area contributed by atoms with Gasteiger partial charge in [-0.1, -0.05) is 17.7 Å². The Morgan fingerprint density at radius 3 is 2.40 bits per heavy atom. The smallest absolute Gasteiger partial charge is 0.261 e. The third-order valence-corrected chi connectivity index (χ3v) is 4.05. The highest BCUT2D eigenvalue weighted by atomic mass is 32.2. The zero-order valence-electron chi connectivity index (χ0n) is 10.6. The van der Waals surface area contributed by atoms with Crippen LogP contribution in [0, 0.1) is 24.1 Å². The summed E-state index contributed by atoms with van der Waals surface area (Å²) in [5, 5.41) is 8.72. The van der Waals surface area contributed by atoms with Gasteiger partial charge in [0.25, 0.3) is 10.0 Å². The van der Waals surface area contributed by atoms with E-state index in [0.717, 1.165) is 23.8 Å². The summed E-state index contributed by atoms with van der Waals surface area (Å²) < 4.78 is 39.8. The molecule has 0 atom stereocenters. The molecule has 102 valence electrons. The lowest BCUT2D eigenvalue weighted by atomic mass is 10.2. The number of sulfonamides is 1. The lowest BCUT2D eigenvalue weighted by Gasteiger charge is -2.08. The van der Waals surface area contributed by atoms with Gasteiger partial charge in [-0.05, 0) is 37.3 Å². The number of nitrogens with one attached hydrogen (secondary N) is 1. The molecule has 0 saturated carbocycles. The van der Waals surface area contributed by atoms with Crippen molar-refractivity contribution in [3.63, 3.8) is 0 Å². The zero-order chi connectivity index (χ0) is 14.8. The van der Waals surface area contributed by atoms with Gasteiger partial charge in [0.05, 0.1) is 10.5 Å². The maximum atomic E-state index is 13.2. The Morgan fingerprint density at radius 1 is 1.15 bits per heavy atom. The minimum atomic E-state index is -3.84. The predicted octanol–water partition coefficient (Wildman–Crippen LogP) is 2.81. The highest BCUT2D eigenvalue weighted by Gasteiger charge is 2.16. The normalized spacial score (nSPS) is 10.8. The average molecular weight is 290 g/mol. The molecular formula is C14H11FN2O2S. The number of hydrogen-bond donors (Lipinski definition) is 1. The number of benzene rings is 2. The molecule has 0 aliphatic rings. The van der Waals surface area contributed by atoms with E-state index in [0.29, 0.717) is 5.69 Å². The van der Waals surface area contributed by atoms with E-state index in [4.69, 9.17) is 5.26 Å². The van der Waals surface area contributed by atoms with Gasteiger partial charge in [0, 0.05) is 5.69 Å². The Labute approximate surface area is 116 Å². The van der Waals surface area contributed by atoms with Crippen LogP contribution in [0.4, 0.5) is 10.1 Å². The first-order chi connectivity index (χ1) is 9.42. The van der Waals surface area contributed by atoms with E-state index < -0.39 is 15.8 Å². The topological polar surface area (TPSA) is 70.0 Å². The van der Waals surface area contributed by atoms with Crippen LogP contribution in [0.3, 0.4) is 0 Å². The number of nitriles is 1. The Balaban J connectivity index is 2.36. The third kappa shape index (κ3) is 2.95. The lowest BCUT2D eigenvalue weighted by molar-refractivity contribution is 0.599. The number of halogens is 1. The zero-order valence-corrected chi connectivity index (χ0v) is 11.4. The van der Waals surface area contributed by atoms with Crippen molar-refractivity contribution in [2.45, 2.75) is 11.8 Å². The van der Waals surface area contributed by atoms with E-state index in [9.17, 15) is 12.8 Å². The van der Waals surface area contributed by atoms with Crippen molar-refractivity contribution in [3.8, 4) is 6.07 Å². The summed E-state index contributed by atoms with van der Waals surface area (Å²) in [6, 6.07) is 11.5. The SMILES string of the molecule is Cc1ccc(NS(=O)(=O)c2ccc(F)c(C#N)c2)cc1. The van der Waals surface area contributed by atoms with E-state index >= 15 is 0 Å². The van der Waals surface area contributed by atoms with Gasteiger partial charge in [0.2, 0.25) is 0 Å². The number of hydrogen-bond acceptors (Lipinski definition) is 3. The summed E-state index contributed by atoms with van der Waals surface area (Å²) in [7, 11) is -3.84. The second-order valence-electron chi connectivity index (χ2n) is 4.22. The number of nitrogens with zero attached hydrogens (tertiary/aromatic N) is 1. The maximum Gasteiger partial charge on any atom is 0.261 e. The molecule has 0 aliphatic heterocycles. The number of aryl methyl sites for hydroxylation is 1. The fourth-order valence-electron chi connectivity index (χ4n) is 1.59. The second kappa shape index (κ2) is 5.31. The molecule has 0 saturated heterocycles. The fraction of sp³-hybridized carbons (Fsp3) is 0.0714. The van der Waals surface area contributed by atoms with Crippen molar-refractivity contribution < 1.29 is 12.8 Å². The van der Waals surface area contributed by atoms with Crippen LogP contribution in [0.2, 0.25) is 0 Å². The van der Waals surface area contributed by atoms with Crippen LogP contribution in [0.25, 0.3) is 0 Å². The molecule has 0 amide bonds. The van der Waals surface area contributed by atoms with Crippen molar-refractivity contribution in [1.82, 2.24) is 0 Å². The van der Waals surface area contributed by atoms with E-state index in [1.54, 1.807) is 30.3 Å². The first-order valence-corrected chi connectivity index (χ1v) is 7.20. The van der Waals surface area contributed by atoms with E-state index in [2.05, 4.69) is 4.72 Å². The standard InChI is InChI=1S/C14H11FN2O2S/c1-10-2-4-12(5-3-10)17-20(18,19)13-6-7-14(15)11(8-13)9-16/h2-8,17H,1H3. The van der Waals surface area contributed by atoms with Crippen LogP contribution in [-0.4, -0.2) is 8.42 Å². The summed E-state index contributed by atoms with van der Waals surface area (Å²) in [5.74, 6) is -0.748. The van der Waals surface area contributed by atoms with Crippen LogP contribution in [-0.2, 0) is 10.0 Å². The third-order valence-electron chi connectivity index (χ3n) is 2.67. The van der Waals surface area contributed by atoms with Gasteiger partial charge in [-0.3, -0.25) is 4.72 Å². The van der Waals surface area contributed by atoms with E-state index in [1.807, 2.05) is 6.92 Å². The maximum absolute atomic E-state index is 13.2. The van der Waals surface area contributed by atoms with Gasteiger partial charge >= 0.3 is 0 Å². The summed E-state index contributed by atoms with van der Waals surface area (Å²) in [6.07, 6.45) is 0. The molecule has 0 aromatic heterocycles. The molecule has 0 heterocycles. The van der Waals surface area contributed by atoms with Gasteiger partial charge in [0.15, 0.2) is 0 Å². The average Bonchev–Trinajstić information content (AvgIpc) is 2.41. The highest BCUT2D eigenvalue weighted by Crippen LogP contribution is 2.18. The van der Waals surface area contributed by atoms with Crippen LogP contribution >= 0.6 is 0 Å². The molecule has 0 spiro atoms. The lowest BCUT2D eigenvalue weighted by Crippen LogP contribution is -2.13. The minimum absolute atomic E-state index is 0.156. The van der Waals surface area contributed by atoms with Crippen LogP contribution < -0.4 is 4.72 Å².